The lowest BCUT2D eigenvalue weighted by Crippen LogP contribution is -2.03. The van der Waals surface area contributed by atoms with Crippen molar-refractivity contribution in [2.45, 2.75) is 11.1 Å². The average molecular weight is 346 g/mol. The molecule has 2 aromatic rings. The molecular formula is C13H9F3N2O4S. The maximum Gasteiger partial charge on any atom is 0.416 e. The van der Waals surface area contributed by atoms with Gasteiger partial charge in [-0.1, -0.05) is 6.07 Å². The van der Waals surface area contributed by atoms with Crippen molar-refractivity contribution in [3.05, 3.63) is 48.0 Å². The summed E-state index contributed by atoms with van der Waals surface area (Å²) >= 11 is 0. The van der Waals surface area contributed by atoms with Crippen molar-refractivity contribution in [1.29, 1.82) is 0 Å². The minimum Gasteiger partial charge on any atom is -0.506 e. The number of hydrogen-bond donors (Lipinski definition) is 2. The second kappa shape index (κ2) is 5.97. The summed E-state index contributed by atoms with van der Waals surface area (Å²) in [4.78, 5) is -0.534. The van der Waals surface area contributed by atoms with Crippen LogP contribution in [-0.4, -0.2) is 18.1 Å². The van der Waals surface area contributed by atoms with Gasteiger partial charge in [0.1, 0.15) is 11.4 Å². The van der Waals surface area contributed by atoms with Crippen LogP contribution in [0.3, 0.4) is 0 Å². The van der Waals surface area contributed by atoms with Crippen LogP contribution in [0.5, 0.6) is 5.75 Å². The zero-order valence-corrected chi connectivity index (χ0v) is 12.0. The largest absolute Gasteiger partial charge is 0.506 e. The Morgan fingerprint density at radius 3 is 2.30 bits per heavy atom. The minimum absolute atomic E-state index is 0.142. The van der Waals surface area contributed by atoms with Crippen molar-refractivity contribution in [2.24, 2.45) is 10.2 Å². The first kappa shape index (κ1) is 16.9. The molecule has 2 aromatic carbocycles. The standard InChI is InChI=1S/C13H9F3N2O4S/c14-13(15,16)8-2-1-3-9(6-8)17-18-11-7-10(23(20,21)22)4-5-12(11)19/h1-7,19H,(H,20,21,22). The predicted molar refractivity (Wildman–Crippen MR) is 73.5 cm³/mol. The zero-order chi connectivity index (χ0) is 17.3. The van der Waals surface area contributed by atoms with Gasteiger partial charge in [0.15, 0.2) is 0 Å². The highest BCUT2D eigenvalue weighted by Gasteiger charge is 2.30. The Kier molecular flexibility index (Phi) is 4.39. The molecule has 0 aliphatic rings. The molecule has 0 fully saturated rings. The molecule has 0 saturated heterocycles. The molecule has 122 valence electrons. The molecular weight excluding hydrogens is 337 g/mol. The van der Waals surface area contributed by atoms with Crippen LogP contribution >= 0.6 is 0 Å². The number of alkyl halides is 3. The maximum atomic E-state index is 12.6. The molecule has 0 unspecified atom stereocenters. The Labute approximate surface area is 128 Å². The van der Waals surface area contributed by atoms with Gasteiger partial charge in [0.25, 0.3) is 10.1 Å². The highest BCUT2D eigenvalue weighted by molar-refractivity contribution is 7.85. The molecule has 23 heavy (non-hydrogen) atoms. The molecule has 6 nitrogen and oxygen atoms in total. The second-order valence-electron chi connectivity index (χ2n) is 4.37. The van der Waals surface area contributed by atoms with Crippen LogP contribution in [0.1, 0.15) is 5.56 Å². The summed E-state index contributed by atoms with van der Waals surface area (Å²) in [7, 11) is -4.51. The number of rotatable bonds is 3. The molecule has 0 heterocycles. The molecule has 10 heteroatoms. The van der Waals surface area contributed by atoms with E-state index < -0.39 is 32.5 Å². The van der Waals surface area contributed by atoms with E-state index in [2.05, 4.69) is 10.2 Å². The summed E-state index contributed by atoms with van der Waals surface area (Å²) in [5, 5.41) is 16.6. The number of azo groups is 1. The van der Waals surface area contributed by atoms with Gasteiger partial charge in [0, 0.05) is 0 Å². The summed E-state index contributed by atoms with van der Waals surface area (Å²) in [6.45, 7) is 0. The monoisotopic (exact) mass is 346 g/mol. The number of hydrogen-bond acceptors (Lipinski definition) is 5. The number of aromatic hydroxyl groups is 1. The molecule has 2 rings (SSSR count). The summed E-state index contributed by atoms with van der Waals surface area (Å²) in [5.74, 6) is -0.451. The van der Waals surface area contributed by atoms with Crippen LogP contribution in [-0.2, 0) is 16.3 Å². The summed E-state index contributed by atoms with van der Waals surface area (Å²) in [6.07, 6.45) is -4.54. The molecule has 0 aromatic heterocycles. The number of phenols is 1. The molecule has 0 saturated carbocycles. The van der Waals surface area contributed by atoms with Crippen LogP contribution in [0, 0.1) is 0 Å². The molecule has 0 bridgehead atoms. The van der Waals surface area contributed by atoms with E-state index in [4.69, 9.17) is 4.55 Å². The number of nitrogens with zero attached hydrogens (tertiary/aromatic N) is 2. The van der Waals surface area contributed by atoms with Crippen molar-refractivity contribution in [3.63, 3.8) is 0 Å². The van der Waals surface area contributed by atoms with Crippen LogP contribution in [0.4, 0.5) is 24.5 Å². The Hall–Kier alpha value is -2.46. The Morgan fingerprint density at radius 2 is 1.70 bits per heavy atom. The van der Waals surface area contributed by atoms with Crippen LogP contribution in [0.25, 0.3) is 0 Å². The fourth-order valence-corrected chi connectivity index (χ4v) is 2.10. The van der Waals surface area contributed by atoms with Crippen LogP contribution in [0.15, 0.2) is 57.6 Å². The first-order chi connectivity index (χ1) is 10.6. The van der Waals surface area contributed by atoms with E-state index in [1.54, 1.807) is 0 Å². The van der Waals surface area contributed by atoms with Gasteiger partial charge in [0.05, 0.1) is 16.1 Å². The minimum atomic E-state index is -4.54. The van der Waals surface area contributed by atoms with E-state index in [-0.39, 0.29) is 11.4 Å². The zero-order valence-electron chi connectivity index (χ0n) is 11.2. The van der Waals surface area contributed by atoms with Gasteiger partial charge in [-0.2, -0.15) is 26.7 Å². The maximum absolute atomic E-state index is 12.6. The highest BCUT2D eigenvalue weighted by atomic mass is 32.2. The van der Waals surface area contributed by atoms with Crippen molar-refractivity contribution < 1.29 is 31.2 Å². The Morgan fingerprint density at radius 1 is 1.00 bits per heavy atom. The lowest BCUT2D eigenvalue weighted by Gasteiger charge is -2.06. The lowest BCUT2D eigenvalue weighted by molar-refractivity contribution is -0.137. The van der Waals surface area contributed by atoms with E-state index >= 15 is 0 Å². The van der Waals surface area contributed by atoms with Gasteiger partial charge in [-0.15, -0.1) is 5.11 Å². The molecule has 0 atom stereocenters. The van der Waals surface area contributed by atoms with Gasteiger partial charge in [-0.05, 0) is 36.4 Å². The molecule has 0 spiro atoms. The number of phenolic OH excluding ortho intramolecular Hbond substituents is 1. The van der Waals surface area contributed by atoms with Crippen LogP contribution in [0.2, 0.25) is 0 Å². The number of benzene rings is 2. The van der Waals surface area contributed by atoms with Crippen LogP contribution < -0.4 is 0 Å². The van der Waals surface area contributed by atoms with Crippen molar-refractivity contribution >= 4 is 21.5 Å². The third-order valence-electron chi connectivity index (χ3n) is 2.69. The van der Waals surface area contributed by atoms with Gasteiger partial charge < -0.3 is 5.11 Å². The highest BCUT2D eigenvalue weighted by Crippen LogP contribution is 2.33. The van der Waals surface area contributed by atoms with E-state index in [1.165, 1.54) is 6.07 Å². The first-order valence-electron chi connectivity index (χ1n) is 5.97. The third-order valence-corrected chi connectivity index (χ3v) is 3.54. The smallest absolute Gasteiger partial charge is 0.416 e. The average Bonchev–Trinajstić information content (AvgIpc) is 2.44. The fraction of sp³-hybridized carbons (Fsp3) is 0.0769. The van der Waals surface area contributed by atoms with Crippen molar-refractivity contribution in [2.75, 3.05) is 0 Å². The summed E-state index contributed by atoms with van der Waals surface area (Å²) in [6, 6.07) is 6.72. The van der Waals surface area contributed by atoms with E-state index in [0.717, 1.165) is 36.4 Å². The first-order valence-corrected chi connectivity index (χ1v) is 7.41. The van der Waals surface area contributed by atoms with E-state index in [0.29, 0.717) is 0 Å². The fourth-order valence-electron chi connectivity index (χ4n) is 1.60. The number of halogens is 3. The topological polar surface area (TPSA) is 99.3 Å². The SMILES string of the molecule is O=S(=O)(O)c1ccc(O)c(N=Nc2cccc(C(F)(F)F)c2)c1. The third kappa shape index (κ3) is 4.27. The van der Waals surface area contributed by atoms with Gasteiger partial charge >= 0.3 is 6.18 Å². The molecule has 2 N–H and O–H groups in total. The molecule has 0 radical (unpaired) electrons. The molecule has 0 amide bonds. The van der Waals surface area contributed by atoms with Crippen molar-refractivity contribution in [3.8, 4) is 5.75 Å². The molecule has 0 aliphatic carbocycles. The van der Waals surface area contributed by atoms with E-state index in [1.807, 2.05) is 0 Å². The van der Waals surface area contributed by atoms with Gasteiger partial charge in [-0.3, -0.25) is 4.55 Å². The van der Waals surface area contributed by atoms with Crippen molar-refractivity contribution in [1.82, 2.24) is 0 Å². The Balaban J connectivity index is 2.38. The Bertz CT molecular complexity index is 864. The molecule has 0 aliphatic heterocycles. The summed E-state index contributed by atoms with van der Waals surface area (Å²) < 4.78 is 68.6. The predicted octanol–water partition coefficient (Wildman–Crippen LogP) is 4.07. The second-order valence-corrected chi connectivity index (χ2v) is 5.80. The lowest BCUT2D eigenvalue weighted by atomic mass is 10.2. The van der Waals surface area contributed by atoms with Gasteiger partial charge in [-0.25, -0.2) is 0 Å². The summed E-state index contributed by atoms with van der Waals surface area (Å²) in [5.41, 5.74) is -1.39. The normalized spacial score (nSPS) is 12.7. The van der Waals surface area contributed by atoms with Gasteiger partial charge in [0.2, 0.25) is 0 Å². The van der Waals surface area contributed by atoms with E-state index in [9.17, 15) is 26.7 Å². The quantitative estimate of drug-likeness (QED) is 0.646.